The van der Waals surface area contributed by atoms with Crippen LogP contribution in [0.1, 0.15) is 16.8 Å². The van der Waals surface area contributed by atoms with Gasteiger partial charge in [0.15, 0.2) is 0 Å². The first-order chi connectivity index (χ1) is 9.79. The van der Waals surface area contributed by atoms with E-state index in [1.807, 2.05) is 0 Å². The Morgan fingerprint density at radius 2 is 1.81 bits per heavy atom. The summed E-state index contributed by atoms with van der Waals surface area (Å²) < 4.78 is 5.62. The van der Waals surface area contributed by atoms with E-state index in [4.69, 9.17) is 22.1 Å². The summed E-state index contributed by atoms with van der Waals surface area (Å²) in [5.41, 5.74) is 6.85. The number of anilines is 1. The van der Waals surface area contributed by atoms with Gasteiger partial charge in [-0.2, -0.15) is 4.98 Å². The standard InChI is InChI=1S/C13H13ClN4O3/c1-6-4-9(14)5-7(2)11(6)21-12-10(18(19)20)8(3)16-13(15)17-12/h4-5H,1-3H3,(H2,15,16,17). The van der Waals surface area contributed by atoms with E-state index in [2.05, 4.69) is 9.97 Å². The Balaban J connectivity index is 2.57. The van der Waals surface area contributed by atoms with Gasteiger partial charge in [0.1, 0.15) is 11.4 Å². The zero-order valence-corrected chi connectivity index (χ0v) is 12.4. The highest BCUT2D eigenvalue weighted by molar-refractivity contribution is 6.30. The van der Waals surface area contributed by atoms with Crippen LogP contribution in [-0.4, -0.2) is 14.9 Å². The van der Waals surface area contributed by atoms with Gasteiger partial charge in [0.2, 0.25) is 5.95 Å². The molecule has 1 aromatic carbocycles. The second-order valence-electron chi connectivity index (χ2n) is 4.55. The highest BCUT2D eigenvalue weighted by Gasteiger charge is 2.24. The molecular formula is C13H13ClN4O3. The Morgan fingerprint density at radius 3 is 2.33 bits per heavy atom. The predicted octanol–water partition coefficient (Wildman–Crippen LogP) is 3.34. The number of hydrogen-bond donors (Lipinski definition) is 1. The van der Waals surface area contributed by atoms with Gasteiger partial charge >= 0.3 is 11.6 Å². The molecule has 8 heteroatoms. The summed E-state index contributed by atoms with van der Waals surface area (Å²) in [4.78, 5) is 18.2. The van der Waals surface area contributed by atoms with Crippen molar-refractivity contribution in [3.05, 3.63) is 44.1 Å². The van der Waals surface area contributed by atoms with Gasteiger partial charge in [-0.3, -0.25) is 10.1 Å². The summed E-state index contributed by atoms with van der Waals surface area (Å²) in [6.45, 7) is 5.06. The van der Waals surface area contributed by atoms with Crippen molar-refractivity contribution in [3.63, 3.8) is 0 Å². The monoisotopic (exact) mass is 308 g/mol. The lowest BCUT2D eigenvalue weighted by Gasteiger charge is -2.12. The minimum atomic E-state index is -0.593. The van der Waals surface area contributed by atoms with Gasteiger partial charge < -0.3 is 10.5 Å². The van der Waals surface area contributed by atoms with Crippen molar-refractivity contribution >= 4 is 23.2 Å². The average molecular weight is 309 g/mol. The molecule has 0 amide bonds. The predicted molar refractivity (Wildman–Crippen MR) is 78.8 cm³/mol. The summed E-state index contributed by atoms with van der Waals surface area (Å²) in [6, 6.07) is 3.40. The van der Waals surface area contributed by atoms with Crippen LogP contribution < -0.4 is 10.5 Å². The molecular weight excluding hydrogens is 296 g/mol. The molecule has 0 aliphatic heterocycles. The lowest BCUT2D eigenvalue weighted by atomic mass is 10.1. The van der Waals surface area contributed by atoms with Crippen LogP contribution in [0.4, 0.5) is 11.6 Å². The van der Waals surface area contributed by atoms with Crippen molar-refractivity contribution in [2.45, 2.75) is 20.8 Å². The number of nitrogen functional groups attached to an aromatic ring is 1. The second-order valence-corrected chi connectivity index (χ2v) is 4.99. The molecule has 21 heavy (non-hydrogen) atoms. The third kappa shape index (κ3) is 3.03. The van der Waals surface area contributed by atoms with Gasteiger partial charge in [-0.15, -0.1) is 0 Å². The van der Waals surface area contributed by atoms with Crippen LogP contribution in [0.3, 0.4) is 0 Å². The van der Waals surface area contributed by atoms with Crippen molar-refractivity contribution in [1.82, 2.24) is 9.97 Å². The van der Waals surface area contributed by atoms with Gasteiger partial charge in [0.25, 0.3) is 0 Å². The molecule has 0 aliphatic rings. The maximum atomic E-state index is 11.2. The number of rotatable bonds is 3. The van der Waals surface area contributed by atoms with Gasteiger partial charge in [-0.05, 0) is 44.0 Å². The molecule has 0 fully saturated rings. The molecule has 0 saturated carbocycles. The lowest BCUT2D eigenvalue weighted by Crippen LogP contribution is -2.05. The molecule has 0 bridgehead atoms. The summed E-state index contributed by atoms with van der Waals surface area (Å²) in [6.07, 6.45) is 0. The third-order valence-electron chi connectivity index (χ3n) is 2.85. The molecule has 2 N–H and O–H groups in total. The molecule has 1 aromatic heterocycles. The zero-order chi connectivity index (χ0) is 15.7. The van der Waals surface area contributed by atoms with E-state index in [9.17, 15) is 10.1 Å². The molecule has 0 atom stereocenters. The first-order valence-electron chi connectivity index (χ1n) is 6.02. The van der Waals surface area contributed by atoms with Crippen LogP contribution in [0, 0.1) is 30.9 Å². The molecule has 0 radical (unpaired) electrons. The Kier molecular flexibility index (Phi) is 3.95. The smallest absolute Gasteiger partial charge is 0.352 e. The number of halogens is 1. The Morgan fingerprint density at radius 1 is 1.24 bits per heavy atom. The van der Waals surface area contributed by atoms with Crippen LogP contribution in [0.15, 0.2) is 12.1 Å². The highest BCUT2D eigenvalue weighted by Crippen LogP contribution is 2.36. The van der Waals surface area contributed by atoms with Crippen LogP contribution in [0.2, 0.25) is 5.02 Å². The number of aromatic nitrogens is 2. The number of benzene rings is 1. The SMILES string of the molecule is Cc1cc(Cl)cc(C)c1Oc1nc(N)nc(C)c1[N+](=O)[O-]. The quantitative estimate of drug-likeness (QED) is 0.688. The van der Waals surface area contributed by atoms with Crippen molar-refractivity contribution in [2.75, 3.05) is 5.73 Å². The Bertz CT molecular complexity index is 711. The number of aryl methyl sites for hydroxylation is 3. The van der Waals surface area contributed by atoms with Gasteiger partial charge in [-0.25, -0.2) is 4.98 Å². The third-order valence-corrected chi connectivity index (χ3v) is 3.07. The normalized spacial score (nSPS) is 10.5. The topological polar surface area (TPSA) is 104 Å². The fourth-order valence-corrected chi connectivity index (χ4v) is 2.33. The van der Waals surface area contributed by atoms with Gasteiger partial charge in [0, 0.05) is 5.02 Å². The van der Waals surface area contributed by atoms with E-state index >= 15 is 0 Å². The second kappa shape index (κ2) is 5.53. The molecule has 1 heterocycles. The number of nitrogens with zero attached hydrogens (tertiary/aromatic N) is 3. The van der Waals surface area contributed by atoms with Crippen molar-refractivity contribution < 1.29 is 9.66 Å². The number of nitrogens with two attached hydrogens (primary N) is 1. The molecule has 0 spiro atoms. The molecule has 2 rings (SSSR count). The maximum absolute atomic E-state index is 11.2. The average Bonchev–Trinajstić information content (AvgIpc) is 2.32. The zero-order valence-electron chi connectivity index (χ0n) is 11.7. The molecule has 0 unspecified atom stereocenters. The summed E-state index contributed by atoms with van der Waals surface area (Å²) in [5, 5.41) is 11.7. The van der Waals surface area contributed by atoms with E-state index in [1.54, 1.807) is 26.0 Å². The fourth-order valence-electron chi connectivity index (χ4n) is 2.00. The van der Waals surface area contributed by atoms with Crippen LogP contribution in [0.25, 0.3) is 0 Å². The molecule has 0 saturated heterocycles. The van der Waals surface area contributed by atoms with E-state index < -0.39 is 4.92 Å². The van der Waals surface area contributed by atoms with Crippen LogP contribution in [-0.2, 0) is 0 Å². The molecule has 110 valence electrons. The fraction of sp³-hybridized carbons (Fsp3) is 0.231. The Labute approximate surface area is 125 Å². The lowest BCUT2D eigenvalue weighted by molar-refractivity contribution is -0.386. The summed E-state index contributed by atoms with van der Waals surface area (Å²) in [7, 11) is 0. The van der Waals surface area contributed by atoms with Crippen molar-refractivity contribution in [1.29, 1.82) is 0 Å². The van der Waals surface area contributed by atoms with E-state index in [0.717, 1.165) is 11.1 Å². The molecule has 7 nitrogen and oxygen atoms in total. The van der Waals surface area contributed by atoms with Gasteiger partial charge in [0.05, 0.1) is 4.92 Å². The maximum Gasteiger partial charge on any atom is 0.352 e. The van der Waals surface area contributed by atoms with Gasteiger partial charge in [-0.1, -0.05) is 11.6 Å². The molecule has 0 aliphatic carbocycles. The largest absolute Gasteiger partial charge is 0.433 e. The summed E-state index contributed by atoms with van der Waals surface area (Å²) in [5.74, 6) is 0.191. The first-order valence-corrected chi connectivity index (χ1v) is 6.40. The first kappa shape index (κ1) is 15.0. The van der Waals surface area contributed by atoms with E-state index in [1.165, 1.54) is 6.92 Å². The number of hydrogen-bond acceptors (Lipinski definition) is 6. The highest BCUT2D eigenvalue weighted by atomic mass is 35.5. The summed E-state index contributed by atoms with van der Waals surface area (Å²) >= 11 is 5.95. The van der Waals surface area contributed by atoms with Crippen molar-refractivity contribution in [2.24, 2.45) is 0 Å². The number of ether oxygens (including phenoxy) is 1. The minimum absolute atomic E-state index is 0.0858. The van der Waals surface area contributed by atoms with Crippen molar-refractivity contribution in [3.8, 4) is 11.6 Å². The minimum Gasteiger partial charge on any atom is -0.433 e. The van der Waals surface area contributed by atoms with Crippen LogP contribution >= 0.6 is 11.6 Å². The Hall–Kier alpha value is -2.41. The van der Waals surface area contributed by atoms with E-state index in [-0.39, 0.29) is 23.2 Å². The van der Waals surface area contributed by atoms with Crippen LogP contribution in [0.5, 0.6) is 11.6 Å². The van der Waals surface area contributed by atoms with E-state index in [0.29, 0.717) is 10.8 Å². The molecule has 2 aromatic rings. The number of nitro groups is 1.